The number of carbonyl (C=O) groups excluding carboxylic acids is 1. The van der Waals surface area contributed by atoms with Crippen LogP contribution in [0.3, 0.4) is 0 Å². The van der Waals surface area contributed by atoms with Gasteiger partial charge in [-0.05, 0) is 61.1 Å². The van der Waals surface area contributed by atoms with Gasteiger partial charge in [-0.1, -0.05) is 18.2 Å². The Labute approximate surface area is 172 Å². The number of carbonyl (C=O) groups is 1. The average molecular weight is 395 g/mol. The van der Waals surface area contributed by atoms with Crippen LogP contribution in [0.1, 0.15) is 48.9 Å². The van der Waals surface area contributed by atoms with Gasteiger partial charge in [-0.25, -0.2) is 0 Å². The molecule has 154 valence electrons. The van der Waals surface area contributed by atoms with Gasteiger partial charge in [-0.2, -0.15) is 0 Å². The minimum absolute atomic E-state index is 0.108. The smallest absolute Gasteiger partial charge is 0.223 e. The fraction of sp³-hybridized carbons (Fsp3) is 0.458. The predicted octanol–water partition coefficient (Wildman–Crippen LogP) is 4.32. The quantitative estimate of drug-likeness (QED) is 0.731. The van der Waals surface area contributed by atoms with Crippen LogP contribution < -0.4 is 14.2 Å². The van der Waals surface area contributed by atoms with Crippen molar-refractivity contribution in [3.63, 3.8) is 0 Å². The van der Waals surface area contributed by atoms with Gasteiger partial charge in [0.2, 0.25) is 5.91 Å². The number of hydrogen-bond donors (Lipinski definition) is 0. The maximum atomic E-state index is 13.0. The van der Waals surface area contributed by atoms with Crippen molar-refractivity contribution in [2.75, 3.05) is 20.8 Å². The van der Waals surface area contributed by atoms with E-state index in [0.717, 1.165) is 43.5 Å². The molecular formula is C24H29NO4. The Bertz CT molecular complexity index is 894. The Balaban J connectivity index is 1.43. The van der Waals surface area contributed by atoms with Crippen LogP contribution >= 0.6 is 0 Å². The lowest BCUT2D eigenvalue weighted by Crippen LogP contribution is -2.30. The topological polar surface area (TPSA) is 48.0 Å². The van der Waals surface area contributed by atoms with E-state index in [-0.39, 0.29) is 18.1 Å². The molecule has 2 aromatic rings. The van der Waals surface area contributed by atoms with E-state index in [4.69, 9.17) is 14.2 Å². The van der Waals surface area contributed by atoms with E-state index in [1.54, 1.807) is 14.2 Å². The Hall–Kier alpha value is -2.69. The maximum absolute atomic E-state index is 13.0. The Kier molecular flexibility index (Phi) is 5.65. The number of methoxy groups -OCH3 is 2. The summed E-state index contributed by atoms with van der Waals surface area (Å²) in [6.45, 7) is 2.90. The summed E-state index contributed by atoms with van der Waals surface area (Å²) in [5.41, 5.74) is 3.57. The Morgan fingerprint density at radius 2 is 1.97 bits per heavy atom. The second kappa shape index (κ2) is 8.36. The highest BCUT2D eigenvalue weighted by Crippen LogP contribution is 2.37. The predicted molar refractivity (Wildman–Crippen MR) is 112 cm³/mol. The highest BCUT2D eigenvalue weighted by Gasteiger charge is 2.30. The summed E-state index contributed by atoms with van der Waals surface area (Å²) in [5.74, 6) is 2.62. The van der Waals surface area contributed by atoms with Crippen molar-refractivity contribution in [1.29, 1.82) is 0 Å². The van der Waals surface area contributed by atoms with E-state index < -0.39 is 0 Å². The molecule has 4 rings (SSSR count). The van der Waals surface area contributed by atoms with Gasteiger partial charge in [-0.15, -0.1) is 0 Å². The normalized spacial score (nSPS) is 20.3. The molecule has 1 fully saturated rings. The lowest BCUT2D eigenvalue weighted by Gasteiger charge is -2.26. The first-order valence-electron chi connectivity index (χ1n) is 10.4. The third-order valence-corrected chi connectivity index (χ3v) is 5.95. The summed E-state index contributed by atoms with van der Waals surface area (Å²) >= 11 is 0. The molecule has 5 heteroatoms. The van der Waals surface area contributed by atoms with Crippen molar-refractivity contribution in [3.8, 4) is 17.2 Å². The van der Waals surface area contributed by atoms with Crippen LogP contribution in [0.25, 0.3) is 0 Å². The van der Waals surface area contributed by atoms with Crippen LogP contribution in [0.2, 0.25) is 0 Å². The number of ether oxygens (including phenoxy) is 3. The first-order chi connectivity index (χ1) is 14.1. The molecule has 0 radical (unpaired) electrons. The summed E-state index contributed by atoms with van der Waals surface area (Å²) < 4.78 is 16.6. The number of likely N-dealkylation sites (tertiary alicyclic amines) is 1. The largest absolute Gasteiger partial charge is 0.493 e. The summed E-state index contributed by atoms with van der Waals surface area (Å²) in [7, 11) is 3.27. The Morgan fingerprint density at radius 3 is 2.76 bits per heavy atom. The van der Waals surface area contributed by atoms with Crippen LogP contribution in [0.5, 0.6) is 17.2 Å². The third-order valence-electron chi connectivity index (χ3n) is 5.95. The molecule has 1 amide bonds. The molecule has 5 nitrogen and oxygen atoms in total. The first-order valence-corrected chi connectivity index (χ1v) is 10.4. The Morgan fingerprint density at radius 1 is 1.14 bits per heavy atom. The molecule has 29 heavy (non-hydrogen) atoms. The van der Waals surface area contributed by atoms with E-state index in [1.165, 1.54) is 11.1 Å². The minimum atomic E-state index is 0.108. The molecular weight excluding hydrogens is 366 g/mol. The van der Waals surface area contributed by atoms with Gasteiger partial charge in [0.25, 0.3) is 0 Å². The number of fused-ring (bicyclic) bond motifs is 1. The van der Waals surface area contributed by atoms with Crippen LogP contribution in [0, 0.1) is 0 Å². The zero-order chi connectivity index (χ0) is 20.4. The number of aryl methyl sites for hydroxylation is 1. The number of amides is 1. The highest BCUT2D eigenvalue weighted by atomic mass is 16.5. The van der Waals surface area contributed by atoms with Crippen LogP contribution in [0.4, 0.5) is 0 Å². The second-order valence-electron chi connectivity index (χ2n) is 7.93. The number of hydrogen-bond acceptors (Lipinski definition) is 4. The molecule has 0 spiro atoms. The molecule has 2 aliphatic rings. The number of rotatable bonds is 6. The van der Waals surface area contributed by atoms with Gasteiger partial charge in [-0.3, -0.25) is 4.79 Å². The van der Waals surface area contributed by atoms with Gasteiger partial charge >= 0.3 is 0 Å². The molecule has 2 atom stereocenters. The lowest BCUT2D eigenvalue weighted by atomic mass is 10.0. The molecule has 0 unspecified atom stereocenters. The molecule has 0 aliphatic carbocycles. The van der Waals surface area contributed by atoms with E-state index in [0.29, 0.717) is 17.9 Å². The van der Waals surface area contributed by atoms with E-state index in [9.17, 15) is 4.79 Å². The van der Waals surface area contributed by atoms with Crippen molar-refractivity contribution in [2.45, 2.75) is 51.2 Å². The standard InChI is InChI=1S/C24H29NO4/c1-16-13-19-14-17(6-9-21(19)29-16)7-11-24(26)25-12-4-5-20(25)18-8-10-22(27-2)23(15-18)28-3/h6,8-10,14-16,20H,4-5,7,11-13H2,1-3H3/t16-,20+/m0/s1. The van der Waals surface area contributed by atoms with E-state index in [2.05, 4.69) is 19.1 Å². The zero-order valence-corrected chi connectivity index (χ0v) is 17.4. The fourth-order valence-corrected chi connectivity index (χ4v) is 4.50. The molecule has 2 aromatic carbocycles. The third kappa shape index (κ3) is 4.04. The van der Waals surface area contributed by atoms with Gasteiger partial charge in [0.1, 0.15) is 11.9 Å². The van der Waals surface area contributed by atoms with Gasteiger partial charge in [0, 0.05) is 19.4 Å². The van der Waals surface area contributed by atoms with Crippen molar-refractivity contribution < 1.29 is 19.0 Å². The second-order valence-corrected chi connectivity index (χ2v) is 7.93. The van der Waals surface area contributed by atoms with Crippen molar-refractivity contribution in [3.05, 3.63) is 53.1 Å². The SMILES string of the molecule is COc1ccc([C@H]2CCCN2C(=O)CCc2ccc3c(c2)C[C@H](C)O3)cc1OC. The molecule has 1 saturated heterocycles. The van der Waals surface area contributed by atoms with Gasteiger partial charge in [0.05, 0.1) is 20.3 Å². The highest BCUT2D eigenvalue weighted by molar-refractivity contribution is 5.77. The van der Waals surface area contributed by atoms with Gasteiger partial charge in [0.15, 0.2) is 11.5 Å². The summed E-state index contributed by atoms with van der Waals surface area (Å²) in [4.78, 5) is 15.0. The van der Waals surface area contributed by atoms with Gasteiger partial charge < -0.3 is 19.1 Å². The monoisotopic (exact) mass is 395 g/mol. The summed E-state index contributed by atoms with van der Waals surface area (Å²) in [6, 6.07) is 12.4. The van der Waals surface area contributed by atoms with Crippen LogP contribution in [-0.2, 0) is 17.6 Å². The zero-order valence-electron chi connectivity index (χ0n) is 17.4. The lowest BCUT2D eigenvalue weighted by molar-refractivity contribution is -0.132. The number of benzene rings is 2. The van der Waals surface area contributed by atoms with Crippen molar-refractivity contribution >= 4 is 5.91 Å². The van der Waals surface area contributed by atoms with Crippen LogP contribution in [0.15, 0.2) is 36.4 Å². The van der Waals surface area contributed by atoms with Crippen molar-refractivity contribution in [1.82, 2.24) is 4.90 Å². The fourth-order valence-electron chi connectivity index (χ4n) is 4.50. The molecule has 0 saturated carbocycles. The molecule has 0 aromatic heterocycles. The molecule has 2 aliphatic heterocycles. The number of nitrogens with zero attached hydrogens (tertiary/aromatic N) is 1. The van der Waals surface area contributed by atoms with E-state index in [1.807, 2.05) is 29.2 Å². The minimum Gasteiger partial charge on any atom is -0.493 e. The van der Waals surface area contributed by atoms with Crippen molar-refractivity contribution in [2.24, 2.45) is 0 Å². The maximum Gasteiger partial charge on any atom is 0.223 e. The average Bonchev–Trinajstić information content (AvgIpc) is 3.36. The summed E-state index contributed by atoms with van der Waals surface area (Å²) in [5, 5.41) is 0. The van der Waals surface area contributed by atoms with Crippen LogP contribution in [-0.4, -0.2) is 37.7 Å². The summed E-state index contributed by atoms with van der Waals surface area (Å²) in [6.07, 6.45) is 4.49. The first kappa shape index (κ1) is 19.6. The molecule has 0 N–H and O–H groups in total. The molecule has 0 bridgehead atoms. The molecule has 2 heterocycles. The van der Waals surface area contributed by atoms with E-state index >= 15 is 0 Å².